The highest BCUT2D eigenvalue weighted by molar-refractivity contribution is 7.10. The van der Waals surface area contributed by atoms with Crippen molar-refractivity contribution in [3.05, 3.63) is 46.2 Å². The molecule has 0 radical (unpaired) electrons. The van der Waals surface area contributed by atoms with E-state index in [1.54, 1.807) is 17.7 Å². The summed E-state index contributed by atoms with van der Waals surface area (Å²) in [6, 6.07) is 1.96. The van der Waals surface area contributed by atoms with Crippen LogP contribution in [0.5, 0.6) is 0 Å². The van der Waals surface area contributed by atoms with Crippen molar-refractivity contribution in [2.45, 2.75) is 26.2 Å². The lowest BCUT2D eigenvalue weighted by molar-refractivity contribution is -0.134. The first kappa shape index (κ1) is 19.4. The monoisotopic (exact) mass is 377 g/mol. The third-order valence-electron chi connectivity index (χ3n) is 3.84. The number of hydrogen-bond donors (Lipinski definition) is 4. The summed E-state index contributed by atoms with van der Waals surface area (Å²) in [5.41, 5.74) is 3.18. The van der Waals surface area contributed by atoms with Gasteiger partial charge in [-0.15, -0.1) is 11.3 Å². The molecule has 0 bridgehead atoms. The Labute approximate surface area is 153 Å². The summed E-state index contributed by atoms with van der Waals surface area (Å²) in [7, 11) is 0. The molecular weight excluding hydrogens is 358 g/mol. The van der Waals surface area contributed by atoms with Crippen LogP contribution in [0, 0.1) is 12.8 Å². The van der Waals surface area contributed by atoms with Gasteiger partial charge in [-0.25, -0.2) is 14.6 Å². The maximum absolute atomic E-state index is 12.2. The number of rotatable bonds is 4. The van der Waals surface area contributed by atoms with Crippen molar-refractivity contribution in [1.29, 1.82) is 0 Å². The lowest BCUT2D eigenvalue weighted by atomic mass is 9.89. The summed E-state index contributed by atoms with van der Waals surface area (Å²) in [5.74, 6) is -2.34. The normalized spacial score (nSPS) is 15.7. The van der Waals surface area contributed by atoms with Crippen LogP contribution in [0.3, 0.4) is 0 Å². The second kappa shape index (κ2) is 8.95. The van der Waals surface area contributed by atoms with Crippen LogP contribution in [0.15, 0.2) is 29.9 Å². The molecule has 1 unspecified atom stereocenters. The minimum Gasteiger partial charge on any atom is -0.478 e. The van der Waals surface area contributed by atoms with Gasteiger partial charge in [-0.1, -0.05) is 0 Å². The Hall–Kier alpha value is -2.94. The number of carbonyl (C=O) groups is 3. The number of anilines is 1. The molecule has 1 aliphatic rings. The first-order valence-corrected chi connectivity index (χ1v) is 8.74. The number of aliphatic carboxylic acids is 2. The zero-order valence-electron chi connectivity index (χ0n) is 14.1. The first-order chi connectivity index (χ1) is 12.4. The number of aromatic amines is 1. The van der Waals surface area contributed by atoms with Gasteiger partial charge < -0.3 is 20.5 Å². The molecule has 3 rings (SSSR count). The molecule has 1 aliphatic carbocycles. The summed E-state index contributed by atoms with van der Waals surface area (Å²) in [5, 5.41) is 20.6. The number of nitrogens with one attached hydrogen (secondary N) is 2. The smallest absolute Gasteiger partial charge is 0.328 e. The highest BCUT2D eigenvalue weighted by Crippen LogP contribution is 2.26. The lowest BCUT2D eigenvalue weighted by Gasteiger charge is -2.20. The Morgan fingerprint density at radius 2 is 2.00 bits per heavy atom. The van der Waals surface area contributed by atoms with Crippen LogP contribution in [0.2, 0.25) is 0 Å². The van der Waals surface area contributed by atoms with E-state index in [0.717, 1.165) is 41.2 Å². The Balaban J connectivity index is 0.000000260. The van der Waals surface area contributed by atoms with Crippen LogP contribution in [-0.2, 0) is 27.2 Å². The zero-order valence-corrected chi connectivity index (χ0v) is 14.9. The number of carbonyl (C=O) groups excluding carboxylic acids is 1. The largest absolute Gasteiger partial charge is 0.478 e. The second-order valence-corrected chi connectivity index (χ2v) is 6.78. The van der Waals surface area contributed by atoms with Crippen LogP contribution >= 0.6 is 11.3 Å². The lowest BCUT2D eigenvalue weighted by Crippen LogP contribution is -2.28. The van der Waals surface area contributed by atoms with Gasteiger partial charge in [0.1, 0.15) is 0 Å². The molecular formula is C17H19N3O5S. The van der Waals surface area contributed by atoms with Crippen molar-refractivity contribution >= 4 is 34.9 Å². The van der Waals surface area contributed by atoms with Gasteiger partial charge in [0, 0.05) is 35.1 Å². The van der Waals surface area contributed by atoms with Crippen LogP contribution in [0.1, 0.15) is 22.7 Å². The van der Waals surface area contributed by atoms with Crippen molar-refractivity contribution in [2.75, 3.05) is 5.32 Å². The standard InChI is InChI=1S/C13H15N3OS.C4H4O4/c1-8-10(4-5-18-8)16-13(17)9-2-3-11-12(6-9)15-7-14-11;5-3(6)1-2-4(7)8/h4-5,7,9H,2-3,6H2,1H3,(H,14,15)(H,16,17);1-2H,(H,5,6)(H,7,8). The number of nitrogens with zero attached hydrogens (tertiary/aromatic N) is 1. The van der Waals surface area contributed by atoms with Crippen LogP contribution in [0.4, 0.5) is 5.69 Å². The Kier molecular flexibility index (Phi) is 6.67. The highest BCUT2D eigenvalue weighted by Gasteiger charge is 2.26. The summed E-state index contributed by atoms with van der Waals surface area (Å²) >= 11 is 1.65. The van der Waals surface area contributed by atoms with E-state index in [4.69, 9.17) is 10.2 Å². The van der Waals surface area contributed by atoms with E-state index in [0.29, 0.717) is 12.2 Å². The van der Waals surface area contributed by atoms with Gasteiger partial charge in [0.15, 0.2) is 0 Å². The molecule has 26 heavy (non-hydrogen) atoms. The minimum absolute atomic E-state index is 0.0530. The Morgan fingerprint density at radius 3 is 2.58 bits per heavy atom. The van der Waals surface area contributed by atoms with Gasteiger partial charge in [-0.2, -0.15) is 0 Å². The summed E-state index contributed by atoms with van der Waals surface area (Å²) in [4.78, 5) is 39.8. The van der Waals surface area contributed by atoms with Gasteiger partial charge in [0.05, 0.1) is 17.7 Å². The molecule has 2 heterocycles. The average molecular weight is 377 g/mol. The average Bonchev–Trinajstić information content (AvgIpc) is 3.22. The van der Waals surface area contributed by atoms with Crippen molar-refractivity contribution in [1.82, 2.24) is 9.97 Å². The third kappa shape index (κ3) is 5.55. The molecule has 0 fully saturated rings. The van der Waals surface area contributed by atoms with Gasteiger partial charge in [0.2, 0.25) is 5.91 Å². The van der Waals surface area contributed by atoms with Gasteiger partial charge in [-0.3, -0.25) is 4.79 Å². The maximum atomic E-state index is 12.2. The molecule has 2 aromatic heterocycles. The highest BCUT2D eigenvalue weighted by atomic mass is 32.1. The number of fused-ring (bicyclic) bond motifs is 1. The molecule has 0 spiro atoms. The molecule has 4 N–H and O–H groups in total. The van der Waals surface area contributed by atoms with Crippen molar-refractivity contribution in [2.24, 2.45) is 5.92 Å². The van der Waals surface area contributed by atoms with E-state index in [-0.39, 0.29) is 11.8 Å². The molecule has 1 amide bonds. The van der Waals surface area contributed by atoms with Crippen LogP contribution in [0.25, 0.3) is 0 Å². The maximum Gasteiger partial charge on any atom is 0.328 e. The van der Waals surface area contributed by atoms with E-state index in [1.807, 2.05) is 18.4 Å². The van der Waals surface area contributed by atoms with E-state index >= 15 is 0 Å². The van der Waals surface area contributed by atoms with E-state index < -0.39 is 11.9 Å². The van der Waals surface area contributed by atoms with Crippen molar-refractivity contribution in [3.63, 3.8) is 0 Å². The predicted molar refractivity (Wildman–Crippen MR) is 96.2 cm³/mol. The molecule has 0 aliphatic heterocycles. The van der Waals surface area contributed by atoms with Crippen molar-refractivity contribution in [3.8, 4) is 0 Å². The minimum atomic E-state index is -1.26. The van der Waals surface area contributed by atoms with Crippen LogP contribution in [-0.4, -0.2) is 38.0 Å². The first-order valence-electron chi connectivity index (χ1n) is 7.86. The van der Waals surface area contributed by atoms with Gasteiger partial charge >= 0.3 is 11.9 Å². The third-order valence-corrected chi connectivity index (χ3v) is 4.69. The van der Waals surface area contributed by atoms with Crippen molar-refractivity contribution < 1.29 is 24.6 Å². The van der Waals surface area contributed by atoms with E-state index in [9.17, 15) is 14.4 Å². The summed E-state index contributed by atoms with van der Waals surface area (Å²) in [6.45, 7) is 2.02. The van der Waals surface area contributed by atoms with E-state index in [2.05, 4.69) is 15.3 Å². The molecule has 0 saturated heterocycles. The number of hydrogen-bond acceptors (Lipinski definition) is 5. The number of aromatic nitrogens is 2. The number of carboxylic acid groups (broad SMARTS) is 2. The topological polar surface area (TPSA) is 132 Å². The SMILES string of the molecule is Cc1sccc1NC(=O)C1CCc2nc[nH]c2C1.O=C(O)C=CC(=O)O. The second-order valence-electron chi connectivity index (χ2n) is 5.66. The number of aryl methyl sites for hydroxylation is 2. The fourth-order valence-corrected chi connectivity index (χ4v) is 3.17. The molecule has 8 nitrogen and oxygen atoms in total. The van der Waals surface area contributed by atoms with Gasteiger partial charge in [0.25, 0.3) is 0 Å². The number of H-pyrrole nitrogens is 1. The molecule has 9 heteroatoms. The number of thiophene rings is 1. The molecule has 0 aromatic carbocycles. The number of imidazole rings is 1. The fourth-order valence-electron chi connectivity index (χ4n) is 2.52. The molecule has 138 valence electrons. The molecule has 0 saturated carbocycles. The quantitative estimate of drug-likeness (QED) is 0.604. The summed E-state index contributed by atoms with van der Waals surface area (Å²) < 4.78 is 0. The molecule has 2 aromatic rings. The molecule has 1 atom stereocenters. The Bertz CT molecular complexity index is 808. The predicted octanol–water partition coefficient (Wildman–Crippen LogP) is 2.24. The number of amides is 1. The van der Waals surface area contributed by atoms with E-state index in [1.165, 1.54) is 0 Å². The fraction of sp³-hybridized carbons (Fsp3) is 0.294. The Morgan fingerprint density at radius 1 is 1.31 bits per heavy atom. The number of carboxylic acids is 2. The van der Waals surface area contributed by atoms with Crippen LogP contribution < -0.4 is 5.32 Å². The van der Waals surface area contributed by atoms with Gasteiger partial charge in [-0.05, 0) is 31.2 Å². The zero-order chi connectivity index (χ0) is 19.1. The summed E-state index contributed by atoms with van der Waals surface area (Å²) in [6.07, 6.45) is 5.37.